The highest BCUT2D eigenvalue weighted by Gasteiger charge is 2.32. The maximum atomic E-state index is 14.0. The van der Waals surface area contributed by atoms with Gasteiger partial charge < -0.3 is 10.2 Å². The van der Waals surface area contributed by atoms with Gasteiger partial charge in [-0.05, 0) is 66.8 Å². The van der Waals surface area contributed by atoms with Gasteiger partial charge in [-0.1, -0.05) is 73.3 Å². The molecule has 1 fully saturated rings. The number of hydrogen-bond acceptors (Lipinski definition) is 4. The number of sulfonamides is 1. The number of benzene rings is 3. The molecule has 1 saturated carbocycles. The molecule has 0 bridgehead atoms. The Morgan fingerprint density at radius 1 is 0.930 bits per heavy atom. The summed E-state index contributed by atoms with van der Waals surface area (Å²) in [5.41, 5.74) is 2.08. The Morgan fingerprint density at radius 3 is 2.21 bits per heavy atom. The predicted octanol–water partition coefficient (Wildman–Crippen LogP) is 6.11. The molecule has 1 atom stereocenters. The zero-order valence-corrected chi connectivity index (χ0v) is 26.0. The van der Waals surface area contributed by atoms with E-state index in [1.165, 1.54) is 28.6 Å². The van der Waals surface area contributed by atoms with Crippen molar-refractivity contribution in [3.8, 4) is 0 Å². The van der Waals surface area contributed by atoms with Gasteiger partial charge in [-0.2, -0.15) is 0 Å². The lowest BCUT2D eigenvalue weighted by molar-refractivity contribution is -0.141. The fourth-order valence-electron chi connectivity index (χ4n) is 5.50. The van der Waals surface area contributed by atoms with E-state index in [1.54, 1.807) is 17.0 Å². The molecule has 3 aromatic carbocycles. The molecule has 4 rings (SSSR count). The first-order valence-electron chi connectivity index (χ1n) is 14.7. The van der Waals surface area contributed by atoms with Crippen LogP contribution in [-0.2, 0) is 32.6 Å². The predicted molar refractivity (Wildman–Crippen MR) is 169 cm³/mol. The highest BCUT2D eigenvalue weighted by atomic mass is 35.5. The first kappa shape index (κ1) is 32.5. The Bertz CT molecular complexity index is 1450. The third-order valence-corrected chi connectivity index (χ3v) is 9.20. The van der Waals surface area contributed by atoms with E-state index in [4.69, 9.17) is 11.6 Å². The van der Waals surface area contributed by atoms with E-state index in [2.05, 4.69) is 5.32 Å². The van der Waals surface area contributed by atoms with Gasteiger partial charge in [0.25, 0.3) is 0 Å². The molecule has 10 heteroatoms. The summed E-state index contributed by atoms with van der Waals surface area (Å²) in [4.78, 5) is 29.5. The summed E-state index contributed by atoms with van der Waals surface area (Å²) in [5.74, 6) is -0.925. The summed E-state index contributed by atoms with van der Waals surface area (Å²) in [5, 5.41) is 3.79. The van der Waals surface area contributed by atoms with Crippen molar-refractivity contribution in [2.24, 2.45) is 0 Å². The Balaban J connectivity index is 1.58. The first-order valence-corrected chi connectivity index (χ1v) is 16.9. The standard InChI is InChI=1S/C33H39ClFN3O4S/c1-43(41,42)38(30-20-18-28(35)19-21-30)22-8-13-32(39)37(24-26-14-16-27(34)17-15-26)31(23-25-9-4-2-5-10-25)33(40)36-29-11-6-3-7-12-29/h2,4-5,9-10,14-21,29,31H,3,6-8,11-13,22-24H2,1H3,(H,36,40)/t31-/m1/s1. The van der Waals surface area contributed by atoms with Crippen LogP contribution in [0.15, 0.2) is 78.9 Å². The van der Waals surface area contributed by atoms with Gasteiger partial charge in [-0.3, -0.25) is 13.9 Å². The molecular formula is C33H39ClFN3O4S. The van der Waals surface area contributed by atoms with Gasteiger partial charge in [0.2, 0.25) is 21.8 Å². The van der Waals surface area contributed by atoms with E-state index < -0.39 is 21.9 Å². The number of nitrogens with zero attached hydrogens (tertiary/aromatic N) is 2. The number of carbonyl (C=O) groups is 2. The molecule has 3 aromatic rings. The minimum atomic E-state index is -3.68. The summed E-state index contributed by atoms with van der Waals surface area (Å²) in [6, 6.07) is 21.3. The second-order valence-corrected chi connectivity index (χ2v) is 13.5. The molecule has 0 heterocycles. The summed E-state index contributed by atoms with van der Waals surface area (Å²) in [7, 11) is -3.68. The maximum absolute atomic E-state index is 14.0. The van der Waals surface area contributed by atoms with Gasteiger partial charge in [0.1, 0.15) is 11.9 Å². The van der Waals surface area contributed by atoms with Crippen molar-refractivity contribution in [3.05, 3.63) is 101 Å². The number of nitrogens with one attached hydrogen (secondary N) is 1. The molecule has 0 saturated heterocycles. The molecule has 1 aliphatic rings. The maximum Gasteiger partial charge on any atom is 0.243 e. The lowest BCUT2D eigenvalue weighted by Crippen LogP contribution is -2.52. The summed E-state index contributed by atoms with van der Waals surface area (Å²) < 4.78 is 39.8. The number of hydrogen-bond donors (Lipinski definition) is 1. The molecule has 7 nitrogen and oxygen atoms in total. The number of carbonyl (C=O) groups excluding carboxylic acids is 2. The second kappa shape index (κ2) is 15.3. The minimum Gasteiger partial charge on any atom is -0.352 e. The summed E-state index contributed by atoms with van der Waals surface area (Å²) >= 11 is 6.11. The zero-order chi connectivity index (χ0) is 30.8. The number of rotatable bonds is 13. The van der Waals surface area contributed by atoms with Crippen molar-refractivity contribution in [2.75, 3.05) is 17.1 Å². The SMILES string of the molecule is CS(=O)(=O)N(CCCC(=O)N(Cc1ccc(Cl)cc1)[C@H](Cc1ccccc1)C(=O)NC1CCCCC1)c1ccc(F)cc1. The van der Waals surface area contributed by atoms with Gasteiger partial charge in [0.05, 0.1) is 11.9 Å². The van der Waals surface area contributed by atoms with Crippen molar-refractivity contribution in [3.63, 3.8) is 0 Å². The van der Waals surface area contributed by atoms with E-state index in [9.17, 15) is 22.4 Å². The monoisotopic (exact) mass is 627 g/mol. The van der Waals surface area contributed by atoms with Crippen LogP contribution in [0, 0.1) is 5.82 Å². The second-order valence-electron chi connectivity index (χ2n) is 11.1. The molecule has 1 aliphatic carbocycles. The smallest absolute Gasteiger partial charge is 0.243 e. The molecule has 2 amide bonds. The fourth-order valence-corrected chi connectivity index (χ4v) is 6.59. The van der Waals surface area contributed by atoms with Crippen molar-refractivity contribution >= 4 is 39.1 Å². The van der Waals surface area contributed by atoms with Crippen LogP contribution in [0.2, 0.25) is 5.02 Å². The van der Waals surface area contributed by atoms with Crippen LogP contribution in [0.3, 0.4) is 0 Å². The summed E-state index contributed by atoms with van der Waals surface area (Å²) in [6.45, 7) is 0.224. The quantitative estimate of drug-likeness (QED) is 0.248. The number of amides is 2. The first-order chi connectivity index (χ1) is 20.6. The number of halogens is 2. The molecule has 0 unspecified atom stereocenters. The minimum absolute atomic E-state index is 0.0167. The van der Waals surface area contributed by atoms with E-state index in [0.717, 1.165) is 49.5 Å². The third-order valence-electron chi connectivity index (χ3n) is 7.76. The average molecular weight is 628 g/mol. The number of anilines is 1. The largest absolute Gasteiger partial charge is 0.352 e. The highest BCUT2D eigenvalue weighted by Crippen LogP contribution is 2.22. The van der Waals surface area contributed by atoms with Crippen LogP contribution < -0.4 is 9.62 Å². The van der Waals surface area contributed by atoms with Gasteiger partial charge in [-0.15, -0.1) is 0 Å². The molecule has 230 valence electrons. The molecule has 0 aromatic heterocycles. The lowest BCUT2D eigenvalue weighted by Gasteiger charge is -2.34. The Morgan fingerprint density at radius 2 is 1.58 bits per heavy atom. The van der Waals surface area contributed by atoms with Crippen molar-refractivity contribution in [2.45, 2.75) is 70.0 Å². The molecule has 0 radical (unpaired) electrons. The van der Waals surface area contributed by atoms with E-state index in [-0.39, 0.29) is 43.8 Å². The van der Waals surface area contributed by atoms with Crippen LogP contribution in [0.5, 0.6) is 0 Å². The van der Waals surface area contributed by atoms with Gasteiger partial charge in [0, 0.05) is 37.0 Å². The Kier molecular flexibility index (Phi) is 11.6. The van der Waals surface area contributed by atoms with Crippen molar-refractivity contribution < 1.29 is 22.4 Å². The van der Waals surface area contributed by atoms with E-state index in [0.29, 0.717) is 17.1 Å². The molecule has 43 heavy (non-hydrogen) atoms. The lowest BCUT2D eigenvalue weighted by atomic mass is 9.94. The van der Waals surface area contributed by atoms with E-state index >= 15 is 0 Å². The van der Waals surface area contributed by atoms with Crippen LogP contribution in [0.25, 0.3) is 0 Å². The fraction of sp³-hybridized carbons (Fsp3) is 0.394. The van der Waals surface area contributed by atoms with Gasteiger partial charge in [0.15, 0.2) is 0 Å². The normalized spacial score (nSPS) is 14.6. The average Bonchev–Trinajstić information content (AvgIpc) is 2.99. The van der Waals surface area contributed by atoms with Crippen LogP contribution in [0.4, 0.5) is 10.1 Å². The Hall–Kier alpha value is -3.43. The van der Waals surface area contributed by atoms with Crippen LogP contribution >= 0.6 is 11.6 Å². The van der Waals surface area contributed by atoms with Crippen LogP contribution in [-0.4, -0.2) is 50.0 Å². The van der Waals surface area contributed by atoms with E-state index in [1.807, 2.05) is 42.5 Å². The van der Waals surface area contributed by atoms with Crippen molar-refractivity contribution in [1.82, 2.24) is 10.2 Å². The molecule has 1 N–H and O–H groups in total. The van der Waals surface area contributed by atoms with Crippen LogP contribution in [0.1, 0.15) is 56.1 Å². The molecule has 0 aliphatic heterocycles. The highest BCUT2D eigenvalue weighted by molar-refractivity contribution is 7.92. The molecular weight excluding hydrogens is 589 g/mol. The van der Waals surface area contributed by atoms with Crippen molar-refractivity contribution in [1.29, 1.82) is 0 Å². The Labute approximate surface area is 259 Å². The topological polar surface area (TPSA) is 86.8 Å². The summed E-state index contributed by atoms with van der Waals surface area (Å²) in [6.07, 6.45) is 6.76. The van der Waals surface area contributed by atoms with Gasteiger partial charge >= 0.3 is 0 Å². The van der Waals surface area contributed by atoms with Gasteiger partial charge in [-0.25, -0.2) is 12.8 Å². The molecule has 0 spiro atoms. The zero-order valence-electron chi connectivity index (χ0n) is 24.4. The third kappa shape index (κ3) is 9.79.